The largest absolute Gasteiger partial charge is 0.394 e. The third-order valence-corrected chi connectivity index (χ3v) is 4.86. The summed E-state index contributed by atoms with van der Waals surface area (Å²) in [5, 5.41) is 12.2. The van der Waals surface area contributed by atoms with Crippen molar-refractivity contribution >= 4 is 11.7 Å². The van der Waals surface area contributed by atoms with Gasteiger partial charge in [0.2, 0.25) is 5.91 Å². The Hall–Kier alpha value is -2.47. The Balaban J connectivity index is 1.89. The summed E-state index contributed by atoms with van der Waals surface area (Å²) < 4.78 is 0. The maximum Gasteiger partial charge on any atom is 0.240 e. The topological polar surface area (TPSA) is 78.4 Å². The number of rotatable bonds is 6. The van der Waals surface area contributed by atoms with Gasteiger partial charge in [-0.2, -0.15) is 0 Å². The molecule has 0 atom stereocenters. The summed E-state index contributed by atoms with van der Waals surface area (Å²) in [7, 11) is 1.89. The monoisotopic (exact) mass is 368 g/mol. The SMILES string of the molecule is Cc1ccnc(-c2cc3c(c(N(C)CC(=O)NC(C)(C)CO)n2)CCC3)c1. The molecule has 2 aromatic heterocycles. The normalized spacial score (nSPS) is 13.4. The molecule has 0 saturated carbocycles. The van der Waals surface area contributed by atoms with Gasteiger partial charge < -0.3 is 15.3 Å². The van der Waals surface area contributed by atoms with E-state index in [0.29, 0.717) is 0 Å². The number of nitrogens with zero attached hydrogens (tertiary/aromatic N) is 3. The predicted molar refractivity (Wildman–Crippen MR) is 107 cm³/mol. The molecule has 0 aromatic carbocycles. The van der Waals surface area contributed by atoms with E-state index in [1.165, 1.54) is 11.1 Å². The third-order valence-electron chi connectivity index (χ3n) is 4.86. The van der Waals surface area contributed by atoms with Gasteiger partial charge in [0, 0.05) is 13.2 Å². The lowest BCUT2D eigenvalue weighted by molar-refractivity contribution is -0.121. The van der Waals surface area contributed by atoms with Gasteiger partial charge in [-0.05, 0) is 74.9 Å². The second kappa shape index (κ2) is 7.64. The van der Waals surface area contributed by atoms with E-state index in [-0.39, 0.29) is 19.1 Å². The fourth-order valence-electron chi connectivity index (χ4n) is 3.43. The molecule has 2 aromatic rings. The van der Waals surface area contributed by atoms with E-state index in [4.69, 9.17) is 4.98 Å². The molecule has 2 N–H and O–H groups in total. The fourth-order valence-corrected chi connectivity index (χ4v) is 3.43. The van der Waals surface area contributed by atoms with Crippen LogP contribution in [0.2, 0.25) is 0 Å². The summed E-state index contributed by atoms with van der Waals surface area (Å²) >= 11 is 0. The summed E-state index contributed by atoms with van der Waals surface area (Å²) in [6.07, 6.45) is 4.91. The van der Waals surface area contributed by atoms with Crippen LogP contribution in [-0.2, 0) is 17.6 Å². The number of hydrogen-bond donors (Lipinski definition) is 2. The number of likely N-dealkylation sites (N-methyl/N-ethyl adjacent to an activating group) is 1. The lowest BCUT2D eigenvalue weighted by Crippen LogP contribution is -2.49. The van der Waals surface area contributed by atoms with Crippen LogP contribution in [0.15, 0.2) is 24.4 Å². The summed E-state index contributed by atoms with van der Waals surface area (Å²) in [4.78, 5) is 23.6. The highest BCUT2D eigenvalue weighted by Crippen LogP contribution is 2.33. The molecule has 0 unspecified atom stereocenters. The number of aryl methyl sites for hydroxylation is 2. The van der Waals surface area contributed by atoms with Gasteiger partial charge in [0.25, 0.3) is 0 Å². The Bertz CT molecular complexity index is 848. The van der Waals surface area contributed by atoms with Crippen molar-refractivity contribution in [2.45, 2.75) is 45.6 Å². The molecule has 144 valence electrons. The van der Waals surface area contributed by atoms with Gasteiger partial charge in [-0.25, -0.2) is 4.98 Å². The average Bonchev–Trinajstić information content (AvgIpc) is 3.08. The number of hydrogen-bond acceptors (Lipinski definition) is 5. The maximum atomic E-state index is 12.4. The van der Waals surface area contributed by atoms with Gasteiger partial charge in [0.1, 0.15) is 5.82 Å². The van der Waals surface area contributed by atoms with Crippen LogP contribution in [0.1, 0.15) is 37.0 Å². The number of pyridine rings is 2. The van der Waals surface area contributed by atoms with E-state index in [0.717, 1.165) is 42.0 Å². The first-order valence-corrected chi connectivity index (χ1v) is 9.38. The highest BCUT2D eigenvalue weighted by Gasteiger charge is 2.24. The van der Waals surface area contributed by atoms with E-state index < -0.39 is 5.54 Å². The molecular weight excluding hydrogens is 340 g/mol. The number of nitrogens with one attached hydrogen (secondary N) is 1. The molecule has 1 aliphatic rings. The van der Waals surface area contributed by atoms with Gasteiger partial charge in [-0.1, -0.05) is 0 Å². The predicted octanol–water partition coefficient (Wildman–Crippen LogP) is 2.26. The van der Waals surface area contributed by atoms with E-state index in [9.17, 15) is 9.90 Å². The van der Waals surface area contributed by atoms with Crippen molar-refractivity contribution in [2.24, 2.45) is 0 Å². The van der Waals surface area contributed by atoms with Crippen molar-refractivity contribution < 1.29 is 9.90 Å². The molecule has 0 saturated heterocycles. The van der Waals surface area contributed by atoms with Crippen LogP contribution in [0.4, 0.5) is 5.82 Å². The maximum absolute atomic E-state index is 12.4. The van der Waals surface area contributed by atoms with E-state index in [2.05, 4.69) is 16.4 Å². The van der Waals surface area contributed by atoms with Crippen LogP contribution < -0.4 is 10.2 Å². The molecule has 0 radical (unpaired) electrons. The van der Waals surface area contributed by atoms with Crippen LogP contribution in [-0.4, -0.2) is 46.7 Å². The smallest absolute Gasteiger partial charge is 0.240 e. The minimum atomic E-state index is -0.638. The highest BCUT2D eigenvalue weighted by molar-refractivity contribution is 5.82. The molecule has 0 spiro atoms. The molecule has 0 fully saturated rings. The summed E-state index contributed by atoms with van der Waals surface area (Å²) in [5.41, 5.74) is 4.72. The van der Waals surface area contributed by atoms with E-state index in [1.807, 2.05) is 31.0 Å². The van der Waals surface area contributed by atoms with Gasteiger partial charge in [-0.15, -0.1) is 0 Å². The molecule has 0 aliphatic heterocycles. The Morgan fingerprint density at radius 1 is 1.30 bits per heavy atom. The van der Waals surface area contributed by atoms with E-state index in [1.54, 1.807) is 20.0 Å². The van der Waals surface area contributed by atoms with Crippen LogP contribution >= 0.6 is 0 Å². The second-order valence-electron chi connectivity index (χ2n) is 7.99. The first-order valence-electron chi connectivity index (χ1n) is 9.38. The van der Waals surface area contributed by atoms with Crippen molar-refractivity contribution in [1.82, 2.24) is 15.3 Å². The van der Waals surface area contributed by atoms with Crippen molar-refractivity contribution in [3.8, 4) is 11.4 Å². The summed E-state index contributed by atoms with van der Waals surface area (Å²) in [6, 6.07) is 6.14. The van der Waals surface area contributed by atoms with Crippen LogP contribution in [0.25, 0.3) is 11.4 Å². The number of aliphatic hydroxyl groups is 1. The minimum Gasteiger partial charge on any atom is -0.394 e. The van der Waals surface area contributed by atoms with Crippen molar-refractivity contribution in [2.75, 3.05) is 25.1 Å². The lowest BCUT2D eigenvalue weighted by atomic mass is 10.1. The van der Waals surface area contributed by atoms with Gasteiger partial charge in [-0.3, -0.25) is 9.78 Å². The zero-order valence-electron chi connectivity index (χ0n) is 16.5. The van der Waals surface area contributed by atoms with Gasteiger partial charge in [0.15, 0.2) is 0 Å². The second-order valence-corrected chi connectivity index (χ2v) is 7.99. The third kappa shape index (κ3) is 4.45. The Kier molecular flexibility index (Phi) is 5.46. The lowest BCUT2D eigenvalue weighted by Gasteiger charge is -2.26. The molecule has 6 nitrogen and oxygen atoms in total. The standard InChI is InChI=1S/C21H28N4O2/c1-14-8-9-22-17(10-14)18-11-15-6-5-7-16(15)20(23-18)25(4)12-19(27)24-21(2,3)13-26/h8-11,26H,5-7,12-13H2,1-4H3,(H,24,27). The minimum absolute atomic E-state index is 0.107. The summed E-state index contributed by atoms with van der Waals surface area (Å²) in [6.45, 7) is 5.72. The van der Waals surface area contributed by atoms with Crippen LogP contribution in [0.3, 0.4) is 0 Å². The molecule has 1 aliphatic carbocycles. The Morgan fingerprint density at radius 2 is 2.07 bits per heavy atom. The number of aromatic nitrogens is 2. The average molecular weight is 368 g/mol. The number of amides is 1. The number of carbonyl (C=O) groups excluding carboxylic acids is 1. The van der Waals surface area contributed by atoms with Gasteiger partial charge in [0.05, 0.1) is 30.1 Å². The zero-order chi connectivity index (χ0) is 19.6. The van der Waals surface area contributed by atoms with Crippen molar-refractivity contribution in [3.05, 3.63) is 41.1 Å². The Morgan fingerprint density at radius 3 is 2.78 bits per heavy atom. The molecular formula is C21H28N4O2. The van der Waals surface area contributed by atoms with Gasteiger partial charge >= 0.3 is 0 Å². The molecule has 0 bridgehead atoms. The summed E-state index contributed by atoms with van der Waals surface area (Å²) in [5.74, 6) is 0.712. The molecule has 2 heterocycles. The van der Waals surface area contributed by atoms with Crippen molar-refractivity contribution in [1.29, 1.82) is 0 Å². The first kappa shape index (κ1) is 19.3. The molecule has 6 heteroatoms. The zero-order valence-corrected chi connectivity index (χ0v) is 16.5. The number of carbonyl (C=O) groups is 1. The van der Waals surface area contributed by atoms with Crippen LogP contribution in [0.5, 0.6) is 0 Å². The Labute approximate surface area is 160 Å². The van der Waals surface area contributed by atoms with Crippen molar-refractivity contribution in [3.63, 3.8) is 0 Å². The number of fused-ring (bicyclic) bond motifs is 1. The van der Waals surface area contributed by atoms with Crippen LogP contribution in [0, 0.1) is 6.92 Å². The number of anilines is 1. The highest BCUT2D eigenvalue weighted by atomic mass is 16.3. The quantitative estimate of drug-likeness (QED) is 0.818. The molecule has 3 rings (SSSR count). The first-order chi connectivity index (χ1) is 12.8. The molecule has 1 amide bonds. The fraction of sp³-hybridized carbons (Fsp3) is 0.476. The number of aliphatic hydroxyl groups excluding tert-OH is 1. The molecule has 27 heavy (non-hydrogen) atoms. The van der Waals surface area contributed by atoms with E-state index >= 15 is 0 Å².